The molecule has 23 heavy (non-hydrogen) atoms. The molecule has 2 amide bonds. The molecule has 1 aromatic rings. The van der Waals surface area contributed by atoms with Crippen molar-refractivity contribution in [1.82, 2.24) is 9.80 Å². The molecule has 2 aliphatic rings. The van der Waals surface area contributed by atoms with Gasteiger partial charge in [-0.1, -0.05) is 12.1 Å². The second-order valence-electron chi connectivity index (χ2n) is 6.76. The lowest BCUT2D eigenvalue weighted by Gasteiger charge is -2.22. The number of benzene rings is 1. The van der Waals surface area contributed by atoms with Crippen LogP contribution in [0.4, 0.5) is 0 Å². The first-order valence-corrected chi connectivity index (χ1v) is 8.46. The largest absolute Gasteiger partial charge is 0.338 e. The standard InChI is InChI=1S/C18H25N3O2/c1-13-9-15(10-19)12-21(13)18(23)16-6-4-14(5-7-16)11-20-8-2-3-17(20)22/h4-7,13,15H,2-3,8-12,19H2,1H3. The van der Waals surface area contributed by atoms with Crippen LogP contribution in [0, 0.1) is 5.92 Å². The van der Waals surface area contributed by atoms with E-state index in [0.717, 1.165) is 31.5 Å². The summed E-state index contributed by atoms with van der Waals surface area (Å²) in [6.07, 6.45) is 2.59. The summed E-state index contributed by atoms with van der Waals surface area (Å²) in [5, 5.41) is 0. The Morgan fingerprint density at radius 1 is 1.30 bits per heavy atom. The molecule has 0 radical (unpaired) electrons. The van der Waals surface area contributed by atoms with Gasteiger partial charge in [-0.15, -0.1) is 0 Å². The third-order valence-corrected chi connectivity index (χ3v) is 5.00. The van der Waals surface area contributed by atoms with Crippen molar-refractivity contribution in [1.29, 1.82) is 0 Å². The predicted molar refractivity (Wildman–Crippen MR) is 88.8 cm³/mol. The summed E-state index contributed by atoms with van der Waals surface area (Å²) < 4.78 is 0. The molecule has 2 unspecified atom stereocenters. The highest BCUT2D eigenvalue weighted by Crippen LogP contribution is 2.24. The average Bonchev–Trinajstić information content (AvgIpc) is 3.13. The molecule has 124 valence electrons. The zero-order valence-electron chi connectivity index (χ0n) is 13.7. The van der Waals surface area contributed by atoms with Crippen molar-refractivity contribution >= 4 is 11.8 Å². The monoisotopic (exact) mass is 315 g/mol. The maximum Gasteiger partial charge on any atom is 0.254 e. The van der Waals surface area contributed by atoms with E-state index in [-0.39, 0.29) is 17.9 Å². The van der Waals surface area contributed by atoms with Gasteiger partial charge >= 0.3 is 0 Å². The molecule has 2 heterocycles. The molecule has 2 N–H and O–H groups in total. The third kappa shape index (κ3) is 3.39. The Morgan fingerprint density at radius 2 is 2.04 bits per heavy atom. The van der Waals surface area contributed by atoms with Gasteiger partial charge in [-0.25, -0.2) is 0 Å². The van der Waals surface area contributed by atoms with Crippen molar-refractivity contribution < 1.29 is 9.59 Å². The van der Waals surface area contributed by atoms with Crippen LogP contribution in [0.5, 0.6) is 0 Å². The van der Waals surface area contributed by atoms with Crippen LogP contribution in [-0.4, -0.2) is 47.3 Å². The fraction of sp³-hybridized carbons (Fsp3) is 0.556. The fourth-order valence-electron chi connectivity index (χ4n) is 3.61. The highest BCUT2D eigenvalue weighted by Gasteiger charge is 2.32. The number of hydrogen-bond acceptors (Lipinski definition) is 3. The molecule has 0 bridgehead atoms. The number of rotatable bonds is 4. The molecule has 2 fully saturated rings. The molecule has 0 aliphatic carbocycles. The number of likely N-dealkylation sites (tertiary alicyclic amines) is 2. The molecule has 1 aromatic carbocycles. The van der Waals surface area contributed by atoms with Crippen molar-refractivity contribution in [3.8, 4) is 0 Å². The van der Waals surface area contributed by atoms with Crippen LogP contribution in [0.2, 0.25) is 0 Å². The van der Waals surface area contributed by atoms with E-state index < -0.39 is 0 Å². The number of carbonyl (C=O) groups excluding carboxylic acids is 2. The second kappa shape index (κ2) is 6.71. The van der Waals surface area contributed by atoms with Gasteiger partial charge < -0.3 is 15.5 Å². The molecule has 3 rings (SSSR count). The van der Waals surface area contributed by atoms with E-state index in [9.17, 15) is 9.59 Å². The number of carbonyl (C=O) groups is 2. The normalized spacial score (nSPS) is 24.5. The minimum Gasteiger partial charge on any atom is -0.338 e. The summed E-state index contributed by atoms with van der Waals surface area (Å²) in [5.74, 6) is 0.718. The van der Waals surface area contributed by atoms with Gasteiger partial charge in [0.05, 0.1) is 0 Å². The van der Waals surface area contributed by atoms with E-state index in [1.165, 1.54) is 0 Å². The second-order valence-corrected chi connectivity index (χ2v) is 6.76. The molecule has 5 heteroatoms. The average molecular weight is 315 g/mol. The quantitative estimate of drug-likeness (QED) is 0.918. The Hall–Kier alpha value is -1.88. The Balaban J connectivity index is 1.65. The Bertz CT molecular complexity index is 584. The zero-order chi connectivity index (χ0) is 16.4. The molecule has 2 saturated heterocycles. The Morgan fingerprint density at radius 3 is 2.61 bits per heavy atom. The minimum atomic E-state index is 0.0808. The van der Waals surface area contributed by atoms with Crippen LogP contribution in [0.1, 0.15) is 42.1 Å². The molecular weight excluding hydrogens is 290 g/mol. The summed E-state index contributed by atoms with van der Waals surface area (Å²) in [4.78, 5) is 28.1. The van der Waals surface area contributed by atoms with Crippen molar-refractivity contribution in [2.24, 2.45) is 11.7 Å². The van der Waals surface area contributed by atoms with Crippen LogP contribution < -0.4 is 5.73 Å². The number of nitrogens with zero attached hydrogens (tertiary/aromatic N) is 2. The molecular formula is C18H25N3O2. The lowest BCUT2D eigenvalue weighted by atomic mass is 10.1. The van der Waals surface area contributed by atoms with Crippen LogP contribution in [0.25, 0.3) is 0 Å². The Labute approximate surface area is 137 Å². The SMILES string of the molecule is CC1CC(CN)CN1C(=O)c1ccc(CN2CCCC2=O)cc1. The van der Waals surface area contributed by atoms with E-state index in [1.54, 1.807) is 0 Å². The molecule has 0 spiro atoms. The van der Waals surface area contributed by atoms with Crippen LogP contribution in [0.3, 0.4) is 0 Å². The maximum absolute atomic E-state index is 12.6. The van der Waals surface area contributed by atoms with Crippen LogP contribution in [0.15, 0.2) is 24.3 Å². The molecule has 5 nitrogen and oxygen atoms in total. The summed E-state index contributed by atoms with van der Waals surface area (Å²) in [6.45, 7) is 4.95. The molecule has 0 saturated carbocycles. The number of amides is 2. The maximum atomic E-state index is 12.6. The van der Waals surface area contributed by atoms with Gasteiger partial charge in [-0.2, -0.15) is 0 Å². The summed E-state index contributed by atoms with van der Waals surface area (Å²) in [7, 11) is 0. The molecule has 2 atom stereocenters. The van der Waals surface area contributed by atoms with Gasteiger partial charge in [-0.3, -0.25) is 9.59 Å². The summed E-state index contributed by atoms with van der Waals surface area (Å²) in [5.41, 5.74) is 7.52. The number of nitrogens with two attached hydrogens (primary N) is 1. The van der Waals surface area contributed by atoms with Gasteiger partial charge in [0.15, 0.2) is 0 Å². The third-order valence-electron chi connectivity index (χ3n) is 5.00. The first-order chi connectivity index (χ1) is 11.1. The summed E-state index contributed by atoms with van der Waals surface area (Å²) in [6, 6.07) is 7.92. The van der Waals surface area contributed by atoms with Crippen molar-refractivity contribution in [2.45, 2.75) is 38.8 Å². The van der Waals surface area contributed by atoms with Gasteiger partial charge in [0, 0.05) is 37.7 Å². The first kappa shape index (κ1) is 16.0. The van der Waals surface area contributed by atoms with Gasteiger partial charge in [0.25, 0.3) is 5.91 Å². The van der Waals surface area contributed by atoms with Gasteiger partial charge in [0.2, 0.25) is 5.91 Å². The molecule has 0 aromatic heterocycles. The minimum absolute atomic E-state index is 0.0808. The highest BCUT2D eigenvalue weighted by atomic mass is 16.2. The van der Waals surface area contributed by atoms with Crippen molar-refractivity contribution in [3.63, 3.8) is 0 Å². The smallest absolute Gasteiger partial charge is 0.254 e. The van der Waals surface area contributed by atoms with Crippen LogP contribution >= 0.6 is 0 Å². The Kier molecular flexibility index (Phi) is 4.66. The molecule has 2 aliphatic heterocycles. The zero-order valence-corrected chi connectivity index (χ0v) is 13.7. The predicted octanol–water partition coefficient (Wildman–Crippen LogP) is 1.62. The van der Waals surface area contributed by atoms with E-state index in [1.807, 2.05) is 34.1 Å². The first-order valence-electron chi connectivity index (χ1n) is 8.46. The van der Waals surface area contributed by atoms with E-state index in [2.05, 4.69) is 6.92 Å². The number of hydrogen-bond donors (Lipinski definition) is 1. The van der Waals surface area contributed by atoms with Gasteiger partial charge in [-0.05, 0) is 49.9 Å². The van der Waals surface area contributed by atoms with Crippen LogP contribution in [-0.2, 0) is 11.3 Å². The fourth-order valence-corrected chi connectivity index (χ4v) is 3.61. The topological polar surface area (TPSA) is 66.6 Å². The van der Waals surface area contributed by atoms with Crippen molar-refractivity contribution in [3.05, 3.63) is 35.4 Å². The lowest BCUT2D eigenvalue weighted by Crippen LogP contribution is -2.34. The van der Waals surface area contributed by atoms with E-state index in [0.29, 0.717) is 31.0 Å². The highest BCUT2D eigenvalue weighted by molar-refractivity contribution is 5.94. The summed E-state index contributed by atoms with van der Waals surface area (Å²) >= 11 is 0. The van der Waals surface area contributed by atoms with Gasteiger partial charge in [0.1, 0.15) is 0 Å². The van der Waals surface area contributed by atoms with E-state index >= 15 is 0 Å². The van der Waals surface area contributed by atoms with Crippen molar-refractivity contribution in [2.75, 3.05) is 19.6 Å². The lowest BCUT2D eigenvalue weighted by molar-refractivity contribution is -0.128. The van der Waals surface area contributed by atoms with E-state index in [4.69, 9.17) is 5.73 Å².